The second-order valence-electron chi connectivity index (χ2n) is 8.54. The Labute approximate surface area is 106 Å². The fraction of sp³-hybridized carbons (Fsp3) is 1.00. The van der Waals surface area contributed by atoms with Crippen LogP contribution in [-0.4, -0.2) is 10.7 Å². The predicted molar refractivity (Wildman–Crippen MR) is 70.8 cm³/mol. The highest BCUT2D eigenvalue weighted by molar-refractivity contribution is 5.14. The highest BCUT2D eigenvalue weighted by Crippen LogP contribution is 2.72. The summed E-state index contributed by atoms with van der Waals surface area (Å²) < 4.78 is 0. The van der Waals surface area contributed by atoms with Gasteiger partial charge in [-0.2, -0.15) is 0 Å². The highest BCUT2D eigenvalue weighted by atomic mass is 16.3. The Bertz CT molecular complexity index is 325. The van der Waals surface area contributed by atoms with E-state index in [1.807, 2.05) is 0 Å². The maximum atomic E-state index is 10.9. The molecule has 3 atom stereocenters. The van der Waals surface area contributed by atoms with Crippen molar-refractivity contribution in [3.05, 3.63) is 0 Å². The van der Waals surface area contributed by atoms with E-state index in [9.17, 15) is 5.11 Å². The molecule has 1 N–H and O–H groups in total. The van der Waals surface area contributed by atoms with E-state index in [1.54, 1.807) is 0 Å². The fourth-order valence-electron chi connectivity index (χ4n) is 6.42. The molecule has 0 amide bonds. The van der Waals surface area contributed by atoms with Gasteiger partial charge in [-0.25, -0.2) is 0 Å². The molecule has 0 spiro atoms. The number of hydrogen-bond acceptors (Lipinski definition) is 1. The first-order valence-electron chi connectivity index (χ1n) is 7.44. The lowest BCUT2D eigenvalue weighted by Gasteiger charge is -2.68. The monoisotopic (exact) mass is 236 g/mol. The molecule has 0 aliphatic heterocycles. The van der Waals surface area contributed by atoms with E-state index in [1.165, 1.54) is 38.5 Å². The van der Waals surface area contributed by atoms with E-state index in [-0.39, 0.29) is 5.41 Å². The molecule has 0 heterocycles. The van der Waals surface area contributed by atoms with Crippen LogP contribution in [0.25, 0.3) is 0 Å². The molecule has 1 nitrogen and oxygen atoms in total. The van der Waals surface area contributed by atoms with Gasteiger partial charge in [-0.15, -0.1) is 0 Å². The van der Waals surface area contributed by atoms with Crippen molar-refractivity contribution >= 4 is 0 Å². The van der Waals surface area contributed by atoms with Gasteiger partial charge in [0.1, 0.15) is 0 Å². The summed E-state index contributed by atoms with van der Waals surface area (Å²) in [5.41, 5.74) is 0.820. The van der Waals surface area contributed by atoms with Crippen LogP contribution >= 0.6 is 0 Å². The molecule has 4 fully saturated rings. The largest absolute Gasteiger partial charge is 0.390 e. The minimum absolute atomic E-state index is 0.227. The Morgan fingerprint density at radius 1 is 1.06 bits per heavy atom. The van der Waals surface area contributed by atoms with Crippen LogP contribution in [0.1, 0.15) is 72.6 Å². The molecule has 17 heavy (non-hydrogen) atoms. The summed E-state index contributed by atoms with van der Waals surface area (Å²) in [5, 5.41) is 10.9. The third-order valence-corrected chi connectivity index (χ3v) is 6.46. The lowest BCUT2D eigenvalue weighted by atomic mass is 9.37. The fourth-order valence-corrected chi connectivity index (χ4v) is 6.42. The van der Waals surface area contributed by atoms with E-state index < -0.39 is 5.60 Å². The van der Waals surface area contributed by atoms with Gasteiger partial charge in [0.05, 0.1) is 5.60 Å². The summed E-state index contributed by atoms with van der Waals surface area (Å²) in [7, 11) is 0. The maximum Gasteiger partial charge on any atom is 0.0673 e. The first-order chi connectivity index (χ1) is 7.72. The SMILES string of the molecule is CCC(C)(O)C12CC3CC(C)(CC(C)(C3)C1)C2. The molecule has 0 saturated heterocycles. The Morgan fingerprint density at radius 3 is 2.00 bits per heavy atom. The van der Waals surface area contributed by atoms with Crippen LogP contribution in [0, 0.1) is 22.2 Å². The number of rotatable bonds is 2. The van der Waals surface area contributed by atoms with Crippen molar-refractivity contribution < 1.29 is 5.11 Å². The van der Waals surface area contributed by atoms with Gasteiger partial charge in [-0.05, 0) is 68.6 Å². The Hall–Kier alpha value is -0.0400. The van der Waals surface area contributed by atoms with Crippen LogP contribution in [0.2, 0.25) is 0 Å². The van der Waals surface area contributed by atoms with E-state index in [0.717, 1.165) is 12.3 Å². The van der Waals surface area contributed by atoms with Crippen LogP contribution < -0.4 is 0 Å². The van der Waals surface area contributed by atoms with Crippen LogP contribution in [0.3, 0.4) is 0 Å². The molecule has 98 valence electrons. The van der Waals surface area contributed by atoms with Gasteiger partial charge in [0.25, 0.3) is 0 Å². The third kappa shape index (κ3) is 1.54. The molecule has 0 radical (unpaired) electrons. The topological polar surface area (TPSA) is 20.2 Å². The molecule has 4 rings (SSSR count). The van der Waals surface area contributed by atoms with Gasteiger partial charge in [0.15, 0.2) is 0 Å². The number of hydrogen-bond donors (Lipinski definition) is 1. The van der Waals surface area contributed by atoms with Crippen LogP contribution in [0.4, 0.5) is 0 Å². The van der Waals surface area contributed by atoms with Gasteiger partial charge in [0.2, 0.25) is 0 Å². The zero-order valence-corrected chi connectivity index (χ0v) is 12.0. The molecule has 0 aromatic rings. The van der Waals surface area contributed by atoms with Gasteiger partial charge in [0, 0.05) is 5.41 Å². The Balaban J connectivity index is 2.03. The molecule has 3 unspecified atom stereocenters. The van der Waals surface area contributed by atoms with Crippen molar-refractivity contribution in [3.8, 4) is 0 Å². The summed E-state index contributed by atoms with van der Waals surface area (Å²) in [4.78, 5) is 0. The quantitative estimate of drug-likeness (QED) is 0.764. The van der Waals surface area contributed by atoms with Crippen molar-refractivity contribution in [2.24, 2.45) is 22.2 Å². The van der Waals surface area contributed by atoms with Gasteiger partial charge >= 0.3 is 0 Å². The first kappa shape index (κ1) is 12.0. The van der Waals surface area contributed by atoms with Gasteiger partial charge < -0.3 is 5.11 Å². The third-order valence-electron chi connectivity index (χ3n) is 6.46. The maximum absolute atomic E-state index is 10.9. The average Bonchev–Trinajstić information content (AvgIpc) is 2.11. The summed E-state index contributed by atoms with van der Waals surface area (Å²) in [6.07, 6.45) is 8.98. The second-order valence-corrected chi connectivity index (χ2v) is 8.54. The molecule has 0 aromatic carbocycles. The van der Waals surface area contributed by atoms with E-state index in [2.05, 4.69) is 27.7 Å². The van der Waals surface area contributed by atoms with E-state index >= 15 is 0 Å². The zero-order chi connectivity index (χ0) is 12.5. The van der Waals surface area contributed by atoms with Crippen molar-refractivity contribution in [3.63, 3.8) is 0 Å². The summed E-state index contributed by atoms with van der Waals surface area (Å²) in [5.74, 6) is 0.888. The molecule has 4 aliphatic rings. The standard InChI is InChI=1S/C16H28O/c1-5-15(4,17)16-8-12-6-13(2,10-16)9-14(3,7-12)11-16/h12,17H,5-11H2,1-4H3. The lowest BCUT2D eigenvalue weighted by molar-refractivity contribution is -0.220. The summed E-state index contributed by atoms with van der Waals surface area (Å²) in [6.45, 7) is 9.22. The zero-order valence-electron chi connectivity index (χ0n) is 12.0. The molecular weight excluding hydrogens is 208 g/mol. The van der Waals surface area contributed by atoms with Crippen molar-refractivity contribution in [2.75, 3.05) is 0 Å². The normalized spacial score (nSPS) is 55.9. The molecule has 4 bridgehead atoms. The summed E-state index contributed by atoms with van der Waals surface area (Å²) in [6, 6.07) is 0. The smallest absolute Gasteiger partial charge is 0.0673 e. The molecule has 1 heteroatoms. The Kier molecular flexibility index (Phi) is 2.19. The average molecular weight is 236 g/mol. The van der Waals surface area contributed by atoms with Gasteiger partial charge in [-0.1, -0.05) is 20.8 Å². The minimum atomic E-state index is -0.449. The van der Waals surface area contributed by atoms with E-state index in [0.29, 0.717) is 10.8 Å². The minimum Gasteiger partial charge on any atom is -0.390 e. The lowest BCUT2D eigenvalue weighted by Crippen LogP contribution is -2.62. The van der Waals surface area contributed by atoms with Gasteiger partial charge in [-0.3, -0.25) is 0 Å². The predicted octanol–water partition coefficient (Wildman–Crippen LogP) is 4.14. The van der Waals surface area contributed by atoms with E-state index in [4.69, 9.17) is 0 Å². The van der Waals surface area contributed by atoms with Crippen LogP contribution in [0.5, 0.6) is 0 Å². The Morgan fingerprint density at radius 2 is 1.59 bits per heavy atom. The highest BCUT2D eigenvalue weighted by Gasteiger charge is 2.64. The van der Waals surface area contributed by atoms with Crippen molar-refractivity contribution in [1.29, 1.82) is 0 Å². The first-order valence-corrected chi connectivity index (χ1v) is 7.44. The molecule has 4 saturated carbocycles. The molecular formula is C16H28O. The molecule has 4 aliphatic carbocycles. The second kappa shape index (κ2) is 3.10. The van der Waals surface area contributed by atoms with Crippen LogP contribution in [0.15, 0.2) is 0 Å². The number of aliphatic hydroxyl groups is 1. The van der Waals surface area contributed by atoms with Crippen molar-refractivity contribution in [1.82, 2.24) is 0 Å². The van der Waals surface area contributed by atoms with Crippen molar-refractivity contribution in [2.45, 2.75) is 78.2 Å². The summed E-state index contributed by atoms with van der Waals surface area (Å²) >= 11 is 0. The molecule has 0 aromatic heterocycles. The van der Waals surface area contributed by atoms with Crippen LogP contribution in [-0.2, 0) is 0 Å².